The molecule has 0 aliphatic carbocycles. The monoisotopic (exact) mass is 506 g/mol. The number of ether oxygens (including phenoxy) is 5. The van der Waals surface area contributed by atoms with Crippen molar-refractivity contribution in [2.45, 2.75) is 19.0 Å². The fourth-order valence-corrected chi connectivity index (χ4v) is 4.54. The molecule has 194 valence electrons. The highest BCUT2D eigenvalue weighted by Crippen LogP contribution is 2.41. The average Bonchev–Trinajstić information content (AvgIpc) is 3.26. The first-order valence-electron chi connectivity index (χ1n) is 11.6. The topological polar surface area (TPSA) is 95.6 Å². The van der Waals surface area contributed by atoms with Gasteiger partial charge in [0, 0.05) is 29.9 Å². The predicted molar refractivity (Wildman–Crippen MR) is 138 cm³/mol. The number of rotatable bonds is 10. The molecule has 2 amide bonds. The number of benzene rings is 3. The number of carbonyl (C=O) groups is 2. The number of nitrogens with one attached hydrogen (secondary N) is 1. The van der Waals surface area contributed by atoms with Crippen LogP contribution in [-0.4, -0.2) is 52.3 Å². The summed E-state index contributed by atoms with van der Waals surface area (Å²) in [7, 11) is 7.63. The van der Waals surface area contributed by atoms with Gasteiger partial charge in [-0.05, 0) is 29.3 Å². The van der Waals surface area contributed by atoms with Gasteiger partial charge in [0.05, 0.1) is 48.0 Å². The van der Waals surface area contributed by atoms with Crippen molar-refractivity contribution in [3.05, 3.63) is 71.3 Å². The van der Waals surface area contributed by atoms with Crippen LogP contribution in [0.4, 0.5) is 5.69 Å². The molecule has 1 unspecified atom stereocenters. The molecule has 1 N–H and O–H groups in total. The van der Waals surface area contributed by atoms with Gasteiger partial charge in [-0.25, -0.2) is 0 Å². The second-order valence-corrected chi connectivity index (χ2v) is 8.39. The Hall–Kier alpha value is -4.40. The zero-order chi connectivity index (χ0) is 26.5. The number of hydrogen-bond donors (Lipinski definition) is 1. The molecule has 3 aromatic rings. The molecule has 37 heavy (non-hydrogen) atoms. The molecule has 1 heterocycles. The van der Waals surface area contributed by atoms with Crippen molar-refractivity contribution in [2.24, 2.45) is 0 Å². The summed E-state index contributed by atoms with van der Waals surface area (Å²) in [6.45, 7) is 0.394. The Kier molecular flexibility index (Phi) is 7.71. The Morgan fingerprint density at radius 1 is 0.838 bits per heavy atom. The molecule has 9 heteroatoms. The predicted octanol–water partition coefficient (Wildman–Crippen LogP) is 4.46. The lowest BCUT2D eigenvalue weighted by Crippen LogP contribution is -2.32. The lowest BCUT2D eigenvalue weighted by molar-refractivity contribution is -0.117. The Labute approximate surface area is 215 Å². The number of fused-ring (bicyclic) bond motifs is 1. The van der Waals surface area contributed by atoms with Crippen LogP contribution in [0.5, 0.6) is 28.7 Å². The van der Waals surface area contributed by atoms with Gasteiger partial charge < -0.3 is 33.9 Å². The van der Waals surface area contributed by atoms with Crippen LogP contribution in [-0.2, 0) is 11.3 Å². The van der Waals surface area contributed by atoms with E-state index in [1.165, 1.54) is 21.3 Å². The minimum Gasteiger partial charge on any atom is -0.493 e. The second kappa shape index (κ2) is 11.1. The van der Waals surface area contributed by atoms with Crippen molar-refractivity contribution in [1.29, 1.82) is 0 Å². The standard InChI is InChI=1S/C28H30N2O7/c1-33-22-11-10-17(12-23(22)34-2)21(30-16-18-8-6-7-9-20(18)28(30)32)15-26(31)29-19-13-24(35-3)27(37-5)25(14-19)36-4/h6-14,21H,15-16H2,1-5H3,(H,29,31). The van der Waals surface area contributed by atoms with Crippen molar-refractivity contribution >= 4 is 17.5 Å². The Morgan fingerprint density at radius 3 is 2.08 bits per heavy atom. The fraction of sp³-hybridized carbons (Fsp3) is 0.286. The first-order valence-corrected chi connectivity index (χ1v) is 11.6. The van der Waals surface area contributed by atoms with Gasteiger partial charge in [0.15, 0.2) is 23.0 Å². The number of hydrogen-bond acceptors (Lipinski definition) is 7. The van der Waals surface area contributed by atoms with E-state index in [-0.39, 0.29) is 18.2 Å². The van der Waals surface area contributed by atoms with Crippen LogP contribution in [0.25, 0.3) is 0 Å². The number of nitrogens with zero attached hydrogens (tertiary/aromatic N) is 1. The van der Waals surface area contributed by atoms with Crippen molar-refractivity contribution in [3.63, 3.8) is 0 Å². The van der Waals surface area contributed by atoms with Crippen molar-refractivity contribution in [1.82, 2.24) is 4.90 Å². The highest BCUT2D eigenvalue weighted by atomic mass is 16.5. The second-order valence-electron chi connectivity index (χ2n) is 8.39. The molecule has 1 aliphatic rings. The number of amides is 2. The summed E-state index contributed by atoms with van der Waals surface area (Å²) < 4.78 is 27.0. The molecule has 0 saturated heterocycles. The van der Waals surface area contributed by atoms with Crippen molar-refractivity contribution < 1.29 is 33.3 Å². The largest absolute Gasteiger partial charge is 0.493 e. The normalized spacial score (nSPS) is 13.0. The van der Waals surface area contributed by atoms with E-state index >= 15 is 0 Å². The molecule has 0 aromatic heterocycles. The molecule has 0 fully saturated rings. The summed E-state index contributed by atoms with van der Waals surface area (Å²) in [5.74, 6) is 1.90. The summed E-state index contributed by atoms with van der Waals surface area (Å²) in [6.07, 6.45) is 0.00583. The maximum Gasteiger partial charge on any atom is 0.255 e. The molecule has 9 nitrogen and oxygen atoms in total. The van der Waals surface area contributed by atoms with Crippen LogP contribution < -0.4 is 29.0 Å². The lowest BCUT2D eigenvalue weighted by Gasteiger charge is -2.28. The molecule has 1 aliphatic heterocycles. The number of carbonyl (C=O) groups excluding carboxylic acids is 2. The third-order valence-corrected chi connectivity index (χ3v) is 6.35. The smallest absolute Gasteiger partial charge is 0.255 e. The number of methoxy groups -OCH3 is 5. The van der Waals surface area contributed by atoms with Crippen molar-refractivity contribution in [3.8, 4) is 28.7 Å². The molecule has 0 radical (unpaired) electrons. The summed E-state index contributed by atoms with van der Waals surface area (Å²) in [4.78, 5) is 28.4. The molecule has 1 atom stereocenters. The van der Waals surface area contributed by atoms with Gasteiger partial charge in [0.1, 0.15) is 0 Å². The quantitative estimate of drug-likeness (QED) is 0.434. The van der Waals surface area contributed by atoms with Crippen LogP contribution >= 0.6 is 0 Å². The lowest BCUT2D eigenvalue weighted by atomic mass is 10.0. The van der Waals surface area contributed by atoms with Gasteiger partial charge in [0.25, 0.3) is 5.91 Å². The maximum absolute atomic E-state index is 13.4. The summed E-state index contributed by atoms with van der Waals surface area (Å²) >= 11 is 0. The van der Waals surface area contributed by atoms with Gasteiger partial charge in [-0.15, -0.1) is 0 Å². The van der Waals surface area contributed by atoms with Crippen LogP contribution in [0, 0.1) is 0 Å². The third-order valence-electron chi connectivity index (χ3n) is 6.35. The molecular formula is C28H30N2O7. The van der Waals surface area contributed by atoms with Crippen LogP contribution in [0.15, 0.2) is 54.6 Å². The van der Waals surface area contributed by atoms with Gasteiger partial charge in [-0.3, -0.25) is 9.59 Å². The fourth-order valence-electron chi connectivity index (χ4n) is 4.54. The van der Waals surface area contributed by atoms with E-state index in [2.05, 4.69) is 5.32 Å². The van der Waals surface area contributed by atoms with E-state index < -0.39 is 6.04 Å². The first kappa shape index (κ1) is 25.7. The maximum atomic E-state index is 13.4. The zero-order valence-corrected chi connectivity index (χ0v) is 21.5. The Bertz CT molecular complexity index is 1280. The minimum atomic E-state index is -0.554. The molecule has 0 bridgehead atoms. The molecule has 0 saturated carbocycles. The Balaban J connectivity index is 1.66. The van der Waals surface area contributed by atoms with Crippen molar-refractivity contribution in [2.75, 3.05) is 40.9 Å². The third kappa shape index (κ3) is 5.11. The highest BCUT2D eigenvalue weighted by Gasteiger charge is 2.35. The van der Waals surface area contributed by atoms with Crippen LogP contribution in [0.2, 0.25) is 0 Å². The number of anilines is 1. The first-order chi connectivity index (χ1) is 17.9. The van der Waals surface area contributed by atoms with Gasteiger partial charge in [-0.1, -0.05) is 24.3 Å². The van der Waals surface area contributed by atoms with Crippen LogP contribution in [0.3, 0.4) is 0 Å². The molecule has 3 aromatic carbocycles. The highest BCUT2D eigenvalue weighted by molar-refractivity contribution is 5.99. The summed E-state index contributed by atoms with van der Waals surface area (Å²) in [5.41, 5.74) is 2.78. The SMILES string of the molecule is COc1ccc(C(CC(=O)Nc2cc(OC)c(OC)c(OC)c2)N2Cc3ccccc3C2=O)cc1OC. The Morgan fingerprint density at radius 2 is 1.49 bits per heavy atom. The molecule has 0 spiro atoms. The van der Waals surface area contributed by atoms with Gasteiger partial charge in [-0.2, -0.15) is 0 Å². The van der Waals surface area contributed by atoms with E-state index in [4.69, 9.17) is 23.7 Å². The van der Waals surface area contributed by atoms with E-state index in [9.17, 15) is 9.59 Å². The van der Waals surface area contributed by atoms with Gasteiger partial charge >= 0.3 is 0 Å². The van der Waals surface area contributed by atoms with E-state index in [0.717, 1.165) is 11.1 Å². The van der Waals surface area contributed by atoms with E-state index in [0.29, 0.717) is 46.5 Å². The molecular weight excluding hydrogens is 476 g/mol. The molecule has 4 rings (SSSR count). The van der Waals surface area contributed by atoms with Crippen LogP contribution in [0.1, 0.15) is 33.9 Å². The van der Waals surface area contributed by atoms with Gasteiger partial charge in [0.2, 0.25) is 11.7 Å². The summed E-state index contributed by atoms with van der Waals surface area (Å²) in [6, 6.07) is 15.6. The van der Waals surface area contributed by atoms with E-state index in [1.54, 1.807) is 49.5 Å². The van der Waals surface area contributed by atoms with E-state index in [1.807, 2.05) is 24.3 Å². The minimum absolute atomic E-state index is 0.00583. The zero-order valence-electron chi connectivity index (χ0n) is 21.5. The average molecular weight is 507 g/mol. The summed E-state index contributed by atoms with van der Waals surface area (Å²) in [5, 5.41) is 2.91.